The lowest BCUT2D eigenvalue weighted by Crippen LogP contribution is -2.11. The van der Waals surface area contributed by atoms with E-state index in [1.807, 2.05) is 19.1 Å². The van der Waals surface area contributed by atoms with Crippen molar-refractivity contribution in [2.45, 2.75) is 57.8 Å². The van der Waals surface area contributed by atoms with Gasteiger partial charge in [-0.3, -0.25) is 4.79 Å². The Bertz CT molecular complexity index is 1080. The van der Waals surface area contributed by atoms with Gasteiger partial charge in [0.1, 0.15) is 5.78 Å². The van der Waals surface area contributed by atoms with Gasteiger partial charge in [0, 0.05) is 18.3 Å². The number of allylic oxidation sites excluding steroid dienone is 6. The van der Waals surface area contributed by atoms with Gasteiger partial charge in [0.2, 0.25) is 0 Å². The fourth-order valence-electron chi connectivity index (χ4n) is 5.44. The summed E-state index contributed by atoms with van der Waals surface area (Å²) >= 11 is 0. The van der Waals surface area contributed by atoms with E-state index in [0.29, 0.717) is 24.0 Å². The molecule has 3 atom stereocenters. The molecule has 0 bridgehead atoms. The summed E-state index contributed by atoms with van der Waals surface area (Å²) in [6.07, 6.45) is 14.8. The Morgan fingerprint density at radius 2 is 1.94 bits per heavy atom. The highest BCUT2D eigenvalue weighted by Crippen LogP contribution is 2.44. The smallest absolute Gasteiger partial charge is 0.136 e. The van der Waals surface area contributed by atoms with Crippen molar-refractivity contribution in [2.24, 2.45) is 5.92 Å². The SMILES string of the molecule is C=C/C=C(\C=C/C)CCC(=O)C1CCC(c2cccc(C3=Cc4ccccc4C3C)c2)C1. The second kappa shape index (κ2) is 10.1. The molecule has 0 N–H and O–H groups in total. The van der Waals surface area contributed by atoms with Crippen molar-refractivity contribution >= 4 is 17.4 Å². The van der Waals surface area contributed by atoms with Gasteiger partial charge in [0.15, 0.2) is 0 Å². The lowest BCUT2D eigenvalue weighted by atomic mass is 9.88. The highest BCUT2D eigenvalue weighted by Gasteiger charge is 2.31. The van der Waals surface area contributed by atoms with Gasteiger partial charge in [0.05, 0.1) is 0 Å². The highest BCUT2D eigenvalue weighted by atomic mass is 16.1. The van der Waals surface area contributed by atoms with Gasteiger partial charge < -0.3 is 0 Å². The minimum absolute atomic E-state index is 0.202. The monoisotopic (exact) mass is 422 g/mol. The van der Waals surface area contributed by atoms with Gasteiger partial charge in [-0.05, 0) is 71.9 Å². The Balaban J connectivity index is 1.42. The first-order valence-corrected chi connectivity index (χ1v) is 12.0. The summed E-state index contributed by atoms with van der Waals surface area (Å²) in [5.41, 5.74) is 8.06. The molecular formula is C31H34O. The predicted octanol–water partition coefficient (Wildman–Crippen LogP) is 8.27. The van der Waals surface area contributed by atoms with Gasteiger partial charge >= 0.3 is 0 Å². The van der Waals surface area contributed by atoms with Crippen molar-refractivity contribution in [3.05, 3.63) is 107 Å². The van der Waals surface area contributed by atoms with E-state index in [9.17, 15) is 4.79 Å². The van der Waals surface area contributed by atoms with Crippen LogP contribution in [0.25, 0.3) is 11.6 Å². The van der Waals surface area contributed by atoms with Crippen molar-refractivity contribution in [3.8, 4) is 0 Å². The average molecular weight is 423 g/mol. The lowest BCUT2D eigenvalue weighted by Gasteiger charge is -2.16. The molecule has 0 aliphatic heterocycles. The van der Waals surface area contributed by atoms with Crippen LogP contribution in [0.3, 0.4) is 0 Å². The molecule has 32 heavy (non-hydrogen) atoms. The van der Waals surface area contributed by atoms with Crippen LogP contribution in [-0.2, 0) is 4.79 Å². The lowest BCUT2D eigenvalue weighted by molar-refractivity contribution is -0.122. The normalized spacial score (nSPS) is 22.8. The third kappa shape index (κ3) is 4.78. The fourth-order valence-corrected chi connectivity index (χ4v) is 5.44. The molecule has 0 spiro atoms. The molecule has 2 aromatic carbocycles. The molecule has 2 aliphatic rings. The number of ketones is 1. The Labute approximate surface area is 193 Å². The second-order valence-corrected chi connectivity index (χ2v) is 9.23. The number of hydrogen-bond acceptors (Lipinski definition) is 1. The van der Waals surface area contributed by atoms with Gasteiger partial charge in [-0.25, -0.2) is 0 Å². The van der Waals surface area contributed by atoms with E-state index in [4.69, 9.17) is 0 Å². The number of rotatable bonds is 8. The maximum atomic E-state index is 12.9. The molecule has 1 fully saturated rings. The molecule has 2 aromatic rings. The molecule has 0 amide bonds. The van der Waals surface area contributed by atoms with Gasteiger partial charge in [-0.2, -0.15) is 0 Å². The Morgan fingerprint density at radius 1 is 1.09 bits per heavy atom. The summed E-state index contributed by atoms with van der Waals surface area (Å²) in [6.45, 7) is 8.10. The van der Waals surface area contributed by atoms with E-state index in [1.165, 1.54) is 33.4 Å². The molecule has 3 unspecified atom stereocenters. The predicted molar refractivity (Wildman–Crippen MR) is 137 cm³/mol. The number of carbonyl (C=O) groups is 1. The third-order valence-corrected chi connectivity index (χ3v) is 7.19. The maximum Gasteiger partial charge on any atom is 0.136 e. The number of Topliss-reactive ketones (excluding diaryl/α,β-unsaturated/α-hetero) is 1. The van der Waals surface area contributed by atoms with Gasteiger partial charge in [0.25, 0.3) is 0 Å². The molecule has 0 saturated heterocycles. The molecule has 1 heteroatoms. The molecule has 1 saturated carbocycles. The summed E-state index contributed by atoms with van der Waals surface area (Å²) in [5, 5.41) is 0. The number of fused-ring (bicyclic) bond motifs is 1. The van der Waals surface area contributed by atoms with E-state index in [-0.39, 0.29) is 5.92 Å². The highest BCUT2D eigenvalue weighted by molar-refractivity contribution is 5.91. The molecule has 4 rings (SSSR count). The van der Waals surface area contributed by atoms with E-state index >= 15 is 0 Å². The standard InChI is InChI=1S/C31H34O/c1-4-9-23(10-5-2)15-18-31(32)28-17-16-25(20-28)24-12-8-13-26(19-24)30-21-27-11-6-7-14-29(27)22(30)3/h4-14,19,21-22,25,28H,1,15-18,20H2,2-3H3/b10-5-,23-9+. The summed E-state index contributed by atoms with van der Waals surface area (Å²) in [4.78, 5) is 12.9. The van der Waals surface area contributed by atoms with Crippen LogP contribution < -0.4 is 0 Å². The molecule has 0 radical (unpaired) electrons. The van der Waals surface area contributed by atoms with Crippen LogP contribution in [0.15, 0.2) is 85.0 Å². The zero-order valence-electron chi connectivity index (χ0n) is 19.4. The van der Waals surface area contributed by atoms with Gasteiger partial charge in [-0.15, -0.1) is 0 Å². The van der Waals surface area contributed by atoms with Crippen molar-refractivity contribution < 1.29 is 4.79 Å². The fraction of sp³-hybridized carbons (Fsp3) is 0.323. The van der Waals surface area contributed by atoms with Crippen LogP contribution >= 0.6 is 0 Å². The molecule has 1 nitrogen and oxygen atoms in total. The summed E-state index contributed by atoms with van der Waals surface area (Å²) in [6, 6.07) is 17.8. The van der Waals surface area contributed by atoms with Crippen LogP contribution in [-0.4, -0.2) is 5.78 Å². The summed E-state index contributed by atoms with van der Waals surface area (Å²) < 4.78 is 0. The quantitative estimate of drug-likeness (QED) is 0.391. The molecular weight excluding hydrogens is 388 g/mol. The number of carbonyl (C=O) groups excluding carboxylic acids is 1. The maximum absolute atomic E-state index is 12.9. The van der Waals surface area contributed by atoms with Crippen molar-refractivity contribution in [3.63, 3.8) is 0 Å². The van der Waals surface area contributed by atoms with Crippen LogP contribution in [0.1, 0.15) is 80.0 Å². The van der Waals surface area contributed by atoms with Crippen LogP contribution in [0.4, 0.5) is 0 Å². The van der Waals surface area contributed by atoms with Crippen LogP contribution in [0, 0.1) is 5.92 Å². The third-order valence-electron chi connectivity index (χ3n) is 7.19. The second-order valence-electron chi connectivity index (χ2n) is 9.23. The zero-order chi connectivity index (χ0) is 22.5. The van der Waals surface area contributed by atoms with E-state index in [1.54, 1.807) is 6.08 Å². The largest absolute Gasteiger partial charge is 0.299 e. The molecule has 0 aromatic heterocycles. The van der Waals surface area contributed by atoms with Crippen molar-refractivity contribution in [1.82, 2.24) is 0 Å². The average Bonchev–Trinajstić information content (AvgIpc) is 3.43. The Morgan fingerprint density at radius 3 is 2.72 bits per heavy atom. The Kier molecular flexibility index (Phi) is 7.05. The molecule has 0 heterocycles. The molecule has 164 valence electrons. The van der Waals surface area contributed by atoms with Gasteiger partial charge in [-0.1, -0.05) is 92.4 Å². The zero-order valence-corrected chi connectivity index (χ0v) is 19.4. The van der Waals surface area contributed by atoms with E-state index in [2.05, 4.69) is 74.2 Å². The number of benzene rings is 2. The minimum atomic E-state index is 0.202. The van der Waals surface area contributed by atoms with E-state index in [0.717, 1.165) is 25.7 Å². The van der Waals surface area contributed by atoms with Crippen molar-refractivity contribution in [1.29, 1.82) is 0 Å². The first-order valence-electron chi connectivity index (χ1n) is 12.0. The first-order chi connectivity index (χ1) is 15.6. The topological polar surface area (TPSA) is 17.1 Å². The summed E-state index contributed by atoms with van der Waals surface area (Å²) in [5.74, 6) is 1.54. The minimum Gasteiger partial charge on any atom is -0.299 e. The van der Waals surface area contributed by atoms with Crippen LogP contribution in [0.5, 0.6) is 0 Å². The Hall–Kier alpha value is -2.93. The summed E-state index contributed by atoms with van der Waals surface area (Å²) in [7, 11) is 0. The van der Waals surface area contributed by atoms with Crippen molar-refractivity contribution in [2.75, 3.05) is 0 Å². The van der Waals surface area contributed by atoms with E-state index < -0.39 is 0 Å². The molecule has 2 aliphatic carbocycles. The van der Waals surface area contributed by atoms with Crippen LogP contribution in [0.2, 0.25) is 0 Å². The first kappa shape index (κ1) is 22.3. The number of hydrogen-bond donors (Lipinski definition) is 0.